The third-order valence-corrected chi connectivity index (χ3v) is 4.43. The Morgan fingerprint density at radius 3 is 2.31 bits per heavy atom. The lowest BCUT2D eigenvalue weighted by molar-refractivity contribution is -0.138. The summed E-state index contributed by atoms with van der Waals surface area (Å²) in [4.78, 5) is 38.5. The number of amides is 3. The zero-order valence-corrected chi connectivity index (χ0v) is 15.5. The van der Waals surface area contributed by atoms with E-state index >= 15 is 0 Å². The topological polar surface area (TPSA) is 79.0 Å². The molecule has 0 unspecified atom stereocenters. The number of anilines is 1. The molecule has 0 saturated carbocycles. The van der Waals surface area contributed by atoms with Gasteiger partial charge < -0.3 is 15.0 Å². The van der Waals surface area contributed by atoms with E-state index in [0.717, 1.165) is 30.3 Å². The van der Waals surface area contributed by atoms with Gasteiger partial charge in [-0.2, -0.15) is 0 Å². The first kappa shape index (κ1) is 19.9. The Labute approximate surface area is 154 Å². The second-order valence-corrected chi connectivity index (χ2v) is 6.14. The Hall–Kier alpha value is -2.41. The van der Waals surface area contributed by atoms with Gasteiger partial charge >= 0.3 is 0 Å². The SMILES string of the molecule is CCN(CC)CCOc1ccc(NC(=O)CCN2C(=O)CCC2=O)cc1. The molecule has 1 aromatic carbocycles. The molecule has 7 nitrogen and oxygen atoms in total. The molecule has 1 N–H and O–H groups in total. The van der Waals surface area contributed by atoms with Gasteiger partial charge in [0.15, 0.2) is 0 Å². The molecule has 0 spiro atoms. The van der Waals surface area contributed by atoms with E-state index in [2.05, 4.69) is 24.1 Å². The van der Waals surface area contributed by atoms with Crippen molar-refractivity contribution in [3.8, 4) is 5.75 Å². The summed E-state index contributed by atoms with van der Waals surface area (Å²) < 4.78 is 5.70. The van der Waals surface area contributed by atoms with Crippen LogP contribution in [-0.2, 0) is 14.4 Å². The monoisotopic (exact) mass is 361 g/mol. The predicted molar refractivity (Wildman–Crippen MR) is 98.9 cm³/mol. The van der Waals surface area contributed by atoms with Crippen molar-refractivity contribution >= 4 is 23.4 Å². The van der Waals surface area contributed by atoms with Gasteiger partial charge in [0.1, 0.15) is 12.4 Å². The Morgan fingerprint density at radius 1 is 1.12 bits per heavy atom. The number of benzene rings is 1. The van der Waals surface area contributed by atoms with Gasteiger partial charge in [-0.3, -0.25) is 19.3 Å². The van der Waals surface area contributed by atoms with E-state index < -0.39 is 0 Å². The maximum absolute atomic E-state index is 12.0. The van der Waals surface area contributed by atoms with Gasteiger partial charge in [0.2, 0.25) is 17.7 Å². The van der Waals surface area contributed by atoms with Crippen molar-refractivity contribution < 1.29 is 19.1 Å². The summed E-state index contributed by atoms with van der Waals surface area (Å²) in [5.74, 6) is 0.124. The average molecular weight is 361 g/mol. The lowest BCUT2D eigenvalue weighted by Gasteiger charge is -2.18. The summed E-state index contributed by atoms with van der Waals surface area (Å²) in [5.41, 5.74) is 0.658. The first-order chi connectivity index (χ1) is 12.5. The zero-order valence-electron chi connectivity index (χ0n) is 15.5. The van der Waals surface area contributed by atoms with E-state index in [1.165, 1.54) is 0 Å². The zero-order chi connectivity index (χ0) is 18.9. The van der Waals surface area contributed by atoms with E-state index in [-0.39, 0.29) is 43.5 Å². The lowest BCUT2D eigenvalue weighted by atomic mass is 10.3. The smallest absolute Gasteiger partial charge is 0.229 e. The molecule has 1 aromatic rings. The standard InChI is InChI=1S/C19H27N3O4/c1-3-21(4-2)13-14-26-16-7-5-15(6-8-16)20-17(23)11-12-22-18(24)9-10-19(22)25/h5-8H,3-4,9-14H2,1-2H3,(H,20,23). The molecule has 2 rings (SSSR count). The van der Waals surface area contributed by atoms with E-state index in [1.54, 1.807) is 12.1 Å². The summed E-state index contributed by atoms with van der Waals surface area (Å²) in [6.45, 7) is 7.87. The molecular formula is C19H27N3O4. The molecule has 1 aliphatic heterocycles. The Balaban J connectivity index is 1.73. The van der Waals surface area contributed by atoms with Crippen molar-refractivity contribution in [1.82, 2.24) is 9.80 Å². The number of likely N-dealkylation sites (N-methyl/N-ethyl adjacent to an activating group) is 1. The molecular weight excluding hydrogens is 334 g/mol. The van der Waals surface area contributed by atoms with Crippen LogP contribution in [0.1, 0.15) is 33.1 Å². The van der Waals surface area contributed by atoms with Crippen molar-refractivity contribution in [3.05, 3.63) is 24.3 Å². The summed E-state index contributed by atoms with van der Waals surface area (Å²) in [5, 5.41) is 2.76. The maximum Gasteiger partial charge on any atom is 0.229 e. The van der Waals surface area contributed by atoms with Gasteiger partial charge in [-0.25, -0.2) is 0 Å². The van der Waals surface area contributed by atoms with E-state index in [9.17, 15) is 14.4 Å². The second-order valence-electron chi connectivity index (χ2n) is 6.14. The fourth-order valence-electron chi connectivity index (χ4n) is 2.78. The van der Waals surface area contributed by atoms with Crippen LogP contribution in [0.5, 0.6) is 5.75 Å². The lowest BCUT2D eigenvalue weighted by Crippen LogP contribution is -2.32. The molecule has 1 fully saturated rings. The summed E-state index contributed by atoms with van der Waals surface area (Å²) in [7, 11) is 0. The number of carbonyl (C=O) groups excluding carboxylic acids is 3. The number of likely N-dealkylation sites (tertiary alicyclic amines) is 1. The highest BCUT2D eigenvalue weighted by Gasteiger charge is 2.28. The minimum Gasteiger partial charge on any atom is -0.492 e. The average Bonchev–Trinajstić information content (AvgIpc) is 2.96. The normalized spacial score (nSPS) is 14.2. The summed E-state index contributed by atoms with van der Waals surface area (Å²) >= 11 is 0. The van der Waals surface area contributed by atoms with E-state index in [0.29, 0.717) is 12.3 Å². The van der Waals surface area contributed by atoms with Crippen LogP contribution in [0.2, 0.25) is 0 Å². The predicted octanol–water partition coefficient (Wildman–Crippen LogP) is 1.88. The Bertz CT molecular complexity index is 610. The number of nitrogens with zero attached hydrogens (tertiary/aromatic N) is 2. The second kappa shape index (κ2) is 9.91. The molecule has 0 aromatic heterocycles. The molecule has 0 bridgehead atoms. The van der Waals surface area contributed by atoms with Crippen LogP contribution in [0, 0.1) is 0 Å². The van der Waals surface area contributed by atoms with Crippen LogP contribution in [0.3, 0.4) is 0 Å². The van der Waals surface area contributed by atoms with Gasteiger partial charge in [0, 0.05) is 38.0 Å². The van der Waals surface area contributed by atoms with Gasteiger partial charge in [-0.1, -0.05) is 13.8 Å². The van der Waals surface area contributed by atoms with Crippen LogP contribution in [-0.4, -0.2) is 60.3 Å². The molecule has 0 atom stereocenters. The molecule has 1 aliphatic rings. The molecule has 142 valence electrons. The molecule has 7 heteroatoms. The fourth-order valence-corrected chi connectivity index (χ4v) is 2.78. The van der Waals surface area contributed by atoms with Crippen LogP contribution < -0.4 is 10.1 Å². The van der Waals surface area contributed by atoms with E-state index in [1.807, 2.05) is 12.1 Å². The maximum atomic E-state index is 12.0. The van der Waals surface area contributed by atoms with Gasteiger partial charge in [0.05, 0.1) is 0 Å². The number of rotatable bonds is 10. The van der Waals surface area contributed by atoms with Crippen molar-refractivity contribution in [2.45, 2.75) is 33.1 Å². The highest BCUT2D eigenvalue weighted by atomic mass is 16.5. The largest absolute Gasteiger partial charge is 0.492 e. The molecule has 1 heterocycles. The summed E-state index contributed by atoms with van der Waals surface area (Å²) in [6, 6.07) is 7.17. The minimum absolute atomic E-state index is 0.0968. The number of carbonyl (C=O) groups is 3. The molecule has 0 radical (unpaired) electrons. The highest BCUT2D eigenvalue weighted by Crippen LogP contribution is 2.16. The third kappa shape index (κ3) is 5.84. The van der Waals surface area contributed by atoms with Crippen molar-refractivity contribution in [2.24, 2.45) is 0 Å². The number of ether oxygens (including phenoxy) is 1. The number of hydrogen-bond donors (Lipinski definition) is 1. The van der Waals surface area contributed by atoms with Crippen molar-refractivity contribution in [1.29, 1.82) is 0 Å². The molecule has 0 aliphatic carbocycles. The van der Waals surface area contributed by atoms with E-state index in [4.69, 9.17) is 4.74 Å². The van der Waals surface area contributed by atoms with Crippen LogP contribution in [0.4, 0.5) is 5.69 Å². The quantitative estimate of drug-likeness (QED) is 0.644. The van der Waals surface area contributed by atoms with Crippen LogP contribution in [0.25, 0.3) is 0 Å². The first-order valence-corrected chi connectivity index (χ1v) is 9.11. The molecule has 1 saturated heterocycles. The Kier molecular flexibility index (Phi) is 7.59. The molecule has 26 heavy (non-hydrogen) atoms. The first-order valence-electron chi connectivity index (χ1n) is 9.11. The van der Waals surface area contributed by atoms with Crippen molar-refractivity contribution in [3.63, 3.8) is 0 Å². The number of imide groups is 1. The summed E-state index contributed by atoms with van der Waals surface area (Å²) in [6.07, 6.45) is 0.589. The van der Waals surface area contributed by atoms with Crippen LogP contribution in [0.15, 0.2) is 24.3 Å². The fraction of sp³-hybridized carbons (Fsp3) is 0.526. The van der Waals surface area contributed by atoms with Gasteiger partial charge in [-0.05, 0) is 37.4 Å². The Morgan fingerprint density at radius 2 is 1.73 bits per heavy atom. The van der Waals surface area contributed by atoms with Gasteiger partial charge in [-0.15, -0.1) is 0 Å². The number of hydrogen-bond acceptors (Lipinski definition) is 5. The molecule has 3 amide bonds. The van der Waals surface area contributed by atoms with Gasteiger partial charge in [0.25, 0.3) is 0 Å². The third-order valence-electron chi connectivity index (χ3n) is 4.43. The minimum atomic E-state index is -0.229. The van der Waals surface area contributed by atoms with Crippen LogP contribution >= 0.6 is 0 Å². The highest BCUT2D eigenvalue weighted by molar-refractivity contribution is 6.02. The number of nitrogens with one attached hydrogen (secondary N) is 1. The van der Waals surface area contributed by atoms with Crippen molar-refractivity contribution in [2.75, 3.05) is 38.1 Å².